The number of allylic oxidation sites excluding steroid dienone is 20. The van der Waals surface area contributed by atoms with E-state index in [1.54, 1.807) is 0 Å². The van der Waals surface area contributed by atoms with E-state index in [0.717, 1.165) is 180 Å². The zero-order valence-corrected chi connectivity index (χ0v) is 65.8. The van der Waals surface area contributed by atoms with Crippen LogP contribution in [0.25, 0.3) is 0 Å². The Morgan fingerprint density at radius 1 is 0.284 bits per heavy atom. The van der Waals surface area contributed by atoms with Gasteiger partial charge in [-0.2, -0.15) is 0 Å². The van der Waals surface area contributed by atoms with E-state index in [1.807, 2.05) is 0 Å². The van der Waals surface area contributed by atoms with Crippen molar-refractivity contribution in [2.24, 2.45) is 0 Å². The van der Waals surface area contributed by atoms with E-state index in [1.165, 1.54) is 64.2 Å². The first kappa shape index (κ1) is 97.5. The second-order valence-electron chi connectivity index (χ2n) is 26.2. The number of esters is 4. The quantitative estimate of drug-likeness (QED) is 0.0169. The molecule has 0 saturated carbocycles. The van der Waals surface area contributed by atoms with Gasteiger partial charge < -0.3 is 33.8 Å². The Balaban J connectivity index is 5.38. The van der Waals surface area contributed by atoms with Crippen LogP contribution in [0.5, 0.6) is 0 Å². The van der Waals surface area contributed by atoms with Gasteiger partial charge in [0.25, 0.3) is 0 Å². The Labute approximate surface area is 619 Å². The fourth-order valence-corrected chi connectivity index (χ4v) is 12.0. The van der Waals surface area contributed by atoms with Gasteiger partial charge in [0.05, 0.1) is 26.4 Å². The van der Waals surface area contributed by atoms with Gasteiger partial charge in [-0.05, 0) is 128 Å². The maximum Gasteiger partial charge on any atom is 0.472 e. The Kier molecular flexibility index (Phi) is 71.4. The smallest absolute Gasteiger partial charge is 0.462 e. The van der Waals surface area contributed by atoms with E-state index in [2.05, 4.69) is 149 Å². The number of carbonyl (C=O) groups excluding carboxylic acids is 4. The highest BCUT2D eigenvalue weighted by molar-refractivity contribution is 7.47. The van der Waals surface area contributed by atoms with Crippen molar-refractivity contribution in [1.82, 2.24) is 0 Å². The second-order valence-corrected chi connectivity index (χ2v) is 29.2. The van der Waals surface area contributed by atoms with Gasteiger partial charge in [0.2, 0.25) is 0 Å². The normalized spacial score (nSPS) is 14.5. The van der Waals surface area contributed by atoms with Crippen LogP contribution in [0.1, 0.15) is 323 Å². The van der Waals surface area contributed by atoms with E-state index in [4.69, 9.17) is 37.0 Å². The molecule has 0 heterocycles. The average Bonchev–Trinajstić information content (AvgIpc) is 0.908. The van der Waals surface area contributed by atoms with Gasteiger partial charge >= 0.3 is 39.5 Å². The Hall–Kier alpha value is -4.54. The third-order valence-corrected chi connectivity index (χ3v) is 18.3. The summed E-state index contributed by atoms with van der Waals surface area (Å²) in [4.78, 5) is 73.0. The summed E-state index contributed by atoms with van der Waals surface area (Å²) in [7, 11) is -9.97. The summed E-state index contributed by atoms with van der Waals surface area (Å²) < 4.78 is 68.6. The third-order valence-electron chi connectivity index (χ3n) is 16.4. The summed E-state index contributed by atoms with van der Waals surface area (Å²) >= 11 is 0. The summed E-state index contributed by atoms with van der Waals surface area (Å²) in [6.07, 6.45) is 81.8. The highest BCUT2D eigenvalue weighted by atomic mass is 31.2. The highest BCUT2D eigenvalue weighted by Crippen LogP contribution is 2.45. The molecule has 0 rings (SSSR count). The molecule has 0 aliphatic heterocycles. The van der Waals surface area contributed by atoms with Gasteiger partial charge in [-0.15, -0.1) is 0 Å². The fraction of sp³-hybridized carbons (Fsp3) is 0.711. The van der Waals surface area contributed by atoms with Crippen LogP contribution in [0, 0.1) is 0 Å². The van der Waals surface area contributed by atoms with Crippen LogP contribution in [-0.2, 0) is 65.4 Å². The molecule has 0 saturated heterocycles. The number of phosphoric ester groups is 2. The summed E-state index contributed by atoms with van der Waals surface area (Å²) in [5.74, 6) is -2.24. The first-order valence-corrected chi connectivity index (χ1v) is 42.8. The number of unbranched alkanes of at least 4 members (excludes halogenated alkanes) is 28. The van der Waals surface area contributed by atoms with Crippen LogP contribution in [-0.4, -0.2) is 96.7 Å². The van der Waals surface area contributed by atoms with Gasteiger partial charge in [-0.1, -0.05) is 290 Å². The zero-order valence-electron chi connectivity index (χ0n) is 64.0. The van der Waals surface area contributed by atoms with Crippen molar-refractivity contribution in [3.8, 4) is 0 Å². The molecule has 5 atom stereocenters. The number of ether oxygens (including phenoxy) is 4. The summed E-state index contributed by atoms with van der Waals surface area (Å²) in [5.41, 5.74) is 0. The number of hydrogen-bond acceptors (Lipinski definition) is 15. The molecule has 0 amide bonds. The molecule has 0 radical (unpaired) electrons. The van der Waals surface area contributed by atoms with Crippen LogP contribution in [0.2, 0.25) is 0 Å². The van der Waals surface area contributed by atoms with Gasteiger partial charge in [0.1, 0.15) is 19.3 Å². The van der Waals surface area contributed by atoms with Gasteiger partial charge in [-0.25, -0.2) is 9.13 Å². The molecule has 0 bridgehead atoms. The van der Waals surface area contributed by atoms with Crippen LogP contribution in [0.4, 0.5) is 0 Å². The van der Waals surface area contributed by atoms with Crippen LogP contribution >= 0.6 is 15.6 Å². The van der Waals surface area contributed by atoms with Gasteiger partial charge in [0.15, 0.2) is 12.2 Å². The standard InChI is InChI=1S/C83H142O17P2/c1-5-9-13-17-21-25-29-33-36-37-38-39-42-45-48-52-56-60-64-68-81(86)94-73-78(99-82(87)69-65-61-57-53-49-43-32-28-24-20-16-12-8-4)75-97-101(89,90)95-71-77(84)72-96-102(91,92)98-76-79(100-83(88)70-66-62-58-54-50-46-41-35-31-27-23-19-15-11-7-3)74-93-80(85)67-63-59-55-51-47-44-40-34-30-26-22-18-14-10-6-2/h9-10,13-14,16,20-22,25-26,28,32-34,36,38-40,45,48,77-79,84H,5-8,11-12,15,17-19,23-24,27,29-31,35,37,41-44,46-47,49-76H2,1-4H3,(H,89,90)(H,91,92)/b13-9-,14-10-,20-16-,25-21-,26-22-,32-28-,36-33-,39-38-,40-34-,48-45-. The zero-order chi connectivity index (χ0) is 74.6. The van der Waals surface area contributed by atoms with Crippen molar-refractivity contribution in [2.75, 3.05) is 39.6 Å². The molecule has 17 nitrogen and oxygen atoms in total. The molecule has 586 valence electrons. The van der Waals surface area contributed by atoms with Crippen molar-refractivity contribution >= 4 is 39.5 Å². The monoisotopic (exact) mass is 1470 g/mol. The maximum atomic E-state index is 13.1. The largest absolute Gasteiger partial charge is 0.472 e. The average molecular weight is 1470 g/mol. The van der Waals surface area contributed by atoms with Crippen LogP contribution in [0.15, 0.2) is 122 Å². The van der Waals surface area contributed by atoms with Crippen molar-refractivity contribution in [2.45, 2.75) is 341 Å². The van der Waals surface area contributed by atoms with Crippen LogP contribution < -0.4 is 0 Å². The Morgan fingerprint density at radius 3 is 0.833 bits per heavy atom. The lowest BCUT2D eigenvalue weighted by Crippen LogP contribution is -2.30. The third kappa shape index (κ3) is 73.8. The molecule has 0 spiro atoms. The summed E-state index contributed by atoms with van der Waals surface area (Å²) in [6.45, 7) is 4.54. The number of phosphoric acid groups is 2. The van der Waals surface area contributed by atoms with Crippen molar-refractivity contribution in [1.29, 1.82) is 0 Å². The highest BCUT2D eigenvalue weighted by Gasteiger charge is 2.30. The van der Waals surface area contributed by atoms with Gasteiger partial charge in [0, 0.05) is 25.7 Å². The minimum atomic E-state index is -4.99. The topological polar surface area (TPSA) is 237 Å². The minimum absolute atomic E-state index is 0.0688. The predicted octanol–water partition coefficient (Wildman–Crippen LogP) is 23.1. The Bertz CT molecular complexity index is 2410. The summed E-state index contributed by atoms with van der Waals surface area (Å²) in [6, 6.07) is 0. The number of carbonyl (C=O) groups is 4. The molecule has 3 N–H and O–H groups in total. The first-order chi connectivity index (χ1) is 49.7. The summed E-state index contributed by atoms with van der Waals surface area (Å²) in [5, 5.41) is 10.6. The van der Waals surface area contributed by atoms with E-state index >= 15 is 0 Å². The first-order valence-electron chi connectivity index (χ1n) is 39.8. The van der Waals surface area contributed by atoms with E-state index < -0.39 is 97.5 Å². The van der Waals surface area contributed by atoms with Gasteiger partial charge in [-0.3, -0.25) is 37.3 Å². The lowest BCUT2D eigenvalue weighted by atomic mass is 10.0. The molecular weight excluding hydrogens is 1330 g/mol. The second kappa shape index (κ2) is 74.7. The maximum absolute atomic E-state index is 13.1. The fourth-order valence-electron chi connectivity index (χ4n) is 10.4. The lowest BCUT2D eigenvalue weighted by molar-refractivity contribution is -0.161. The number of rotatable bonds is 74. The SMILES string of the molecule is CC/C=C\C/C=C\C/C=C\C/C=C\C/C=C\CCCCCC(=O)OCC(COP(=O)(O)OCC(O)COP(=O)(O)OCC(COC(=O)CCCCCCC/C=C\C/C=C\C/C=C\CC)OC(=O)CCCCCCCCCCCCCCCCC)OC(=O)CCCCCCC/C=C\C/C=C\CCC. The molecule has 0 aliphatic carbocycles. The number of aliphatic hydroxyl groups excluding tert-OH is 1. The lowest BCUT2D eigenvalue weighted by Gasteiger charge is -2.21. The number of aliphatic hydroxyl groups is 1. The van der Waals surface area contributed by atoms with Crippen molar-refractivity contribution < 1.29 is 80.2 Å². The molecule has 0 fully saturated rings. The minimum Gasteiger partial charge on any atom is -0.462 e. The van der Waals surface area contributed by atoms with Crippen LogP contribution in [0.3, 0.4) is 0 Å². The molecule has 19 heteroatoms. The van der Waals surface area contributed by atoms with Crippen molar-refractivity contribution in [3.63, 3.8) is 0 Å². The van der Waals surface area contributed by atoms with E-state index in [9.17, 15) is 43.2 Å². The van der Waals surface area contributed by atoms with E-state index in [0.29, 0.717) is 25.7 Å². The Morgan fingerprint density at radius 2 is 0.529 bits per heavy atom. The molecule has 0 aromatic carbocycles. The molecular formula is C83H142O17P2. The number of hydrogen-bond donors (Lipinski definition) is 3. The van der Waals surface area contributed by atoms with Crippen molar-refractivity contribution in [3.05, 3.63) is 122 Å². The van der Waals surface area contributed by atoms with E-state index in [-0.39, 0.29) is 25.7 Å². The molecule has 0 aromatic rings. The molecule has 0 aromatic heterocycles. The molecule has 0 aliphatic rings. The molecule has 5 unspecified atom stereocenters. The predicted molar refractivity (Wildman–Crippen MR) is 418 cm³/mol. The molecule has 102 heavy (non-hydrogen) atoms.